The second-order valence-electron chi connectivity index (χ2n) is 4.69. The topological polar surface area (TPSA) is 79.5 Å². The van der Waals surface area contributed by atoms with Gasteiger partial charge in [0.1, 0.15) is 0 Å². The Morgan fingerprint density at radius 3 is 3.05 bits per heavy atom. The van der Waals surface area contributed by atoms with Crippen LogP contribution >= 0.6 is 0 Å². The molecule has 1 aliphatic heterocycles. The van der Waals surface area contributed by atoms with Crippen LogP contribution in [-0.4, -0.2) is 45.8 Å². The molecule has 0 aromatic carbocycles. The highest BCUT2D eigenvalue weighted by atomic mass is 16.5. The first-order valence-electron chi connectivity index (χ1n) is 6.65. The lowest BCUT2D eigenvalue weighted by Gasteiger charge is -2.24. The van der Waals surface area contributed by atoms with Gasteiger partial charge in [-0.05, 0) is 25.0 Å². The Bertz CT molecular complexity index is 467. The Balaban J connectivity index is 1.94. The molecule has 2 heterocycles. The number of hydrogen-bond donors (Lipinski definition) is 1. The molecule has 0 aliphatic carbocycles. The molecule has 6 heteroatoms. The summed E-state index contributed by atoms with van der Waals surface area (Å²) >= 11 is 0. The standard InChI is InChI=1S/C13H19N3O3/c1-2-7-16-8-5-10(6-9-16)13-14-11(19-15-13)3-4-12(17)18/h5H,2-4,6-9H2,1H3,(H,17,18). The number of carboxylic acid groups (broad SMARTS) is 1. The average Bonchev–Trinajstić information content (AvgIpc) is 2.86. The van der Waals surface area contributed by atoms with Crippen LogP contribution in [0.15, 0.2) is 10.6 Å². The first-order valence-corrected chi connectivity index (χ1v) is 6.65. The molecule has 0 bridgehead atoms. The van der Waals surface area contributed by atoms with Crippen LogP contribution in [0.4, 0.5) is 0 Å². The van der Waals surface area contributed by atoms with Crippen LogP contribution in [0.1, 0.15) is 37.9 Å². The largest absolute Gasteiger partial charge is 0.481 e. The maximum atomic E-state index is 10.5. The van der Waals surface area contributed by atoms with Crippen molar-refractivity contribution in [1.82, 2.24) is 15.0 Å². The van der Waals surface area contributed by atoms with Gasteiger partial charge in [-0.1, -0.05) is 18.2 Å². The Hall–Kier alpha value is -1.69. The molecule has 0 fully saturated rings. The van der Waals surface area contributed by atoms with Crippen LogP contribution in [-0.2, 0) is 11.2 Å². The lowest BCUT2D eigenvalue weighted by Crippen LogP contribution is -2.29. The number of hydrogen-bond acceptors (Lipinski definition) is 5. The molecule has 0 saturated heterocycles. The van der Waals surface area contributed by atoms with E-state index in [2.05, 4.69) is 28.0 Å². The first kappa shape index (κ1) is 13.7. The molecule has 0 unspecified atom stereocenters. The molecule has 0 spiro atoms. The van der Waals surface area contributed by atoms with Crippen molar-refractivity contribution < 1.29 is 14.4 Å². The van der Waals surface area contributed by atoms with Crippen LogP contribution in [0, 0.1) is 0 Å². The monoisotopic (exact) mass is 265 g/mol. The van der Waals surface area contributed by atoms with Crippen LogP contribution < -0.4 is 0 Å². The molecular weight excluding hydrogens is 246 g/mol. The van der Waals surface area contributed by atoms with E-state index in [1.807, 2.05) is 0 Å². The van der Waals surface area contributed by atoms with Gasteiger partial charge in [-0.15, -0.1) is 0 Å². The van der Waals surface area contributed by atoms with Crippen molar-refractivity contribution in [3.63, 3.8) is 0 Å². The molecule has 6 nitrogen and oxygen atoms in total. The van der Waals surface area contributed by atoms with Crippen LogP contribution in [0.25, 0.3) is 5.57 Å². The van der Waals surface area contributed by atoms with Crippen molar-refractivity contribution in [1.29, 1.82) is 0 Å². The molecule has 0 saturated carbocycles. The highest BCUT2D eigenvalue weighted by molar-refractivity contribution is 5.66. The Labute approximate surface area is 112 Å². The molecule has 0 radical (unpaired) electrons. The van der Waals surface area contributed by atoms with Gasteiger partial charge in [0, 0.05) is 19.5 Å². The minimum atomic E-state index is -0.855. The fraction of sp³-hybridized carbons (Fsp3) is 0.615. The van der Waals surface area contributed by atoms with Gasteiger partial charge in [0.05, 0.1) is 6.42 Å². The second kappa shape index (κ2) is 6.47. The highest BCUT2D eigenvalue weighted by Crippen LogP contribution is 2.20. The summed E-state index contributed by atoms with van der Waals surface area (Å²) in [6, 6.07) is 0. The van der Waals surface area contributed by atoms with Crippen LogP contribution in [0.5, 0.6) is 0 Å². The molecular formula is C13H19N3O3. The summed E-state index contributed by atoms with van der Waals surface area (Å²) < 4.78 is 5.06. The highest BCUT2D eigenvalue weighted by Gasteiger charge is 2.16. The quantitative estimate of drug-likeness (QED) is 0.841. The summed E-state index contributed by atoms with van der Waals surface area (Å²) in [5, 5.41) is 12.5. The Morgan fingerprint density at radius 2 is 2.42 bits per heavy atom. The second-order valence-corrected chi connectivity index (χ2v) is 4.69. The summed E-state index contributed by atoms with van der Waals surface area (Å²) in [5.74, 6) is 0.151. The first-order chi connectivity index (χ1) is 9.19. The summed E-state index contributed by atoms with van der Waals surface area (Å²) in [6.07, 6.45) is 4.51. The fourth-order valence-electron chi connectivity index (χ4n) is 2.13. The lowest BCUT2D eigenvalue weighted by atomic mass is 10.1. The number of aliphatic carboxylic acids is 1. The third-order valence-corrected chi connectivity index (χ3v) is 3.14. The summed E-state index contributed by atoms with van der Waals surface area (Å²) in [6.45, 7) is 5.22. The van der Waals surface area contributed by atoms with E-state index >= 15 is 0 Å². The number of aromatic nitrogens is 2. The van der Waals surface area contributed by atoms with E-state index in [4.69, 9.17) is 9.63 Å². The normalized spacial score (nSPS) is 16.4. The van der Waals surface area contributed by atoms with E-state index in [-0.39, 0.29) is 12.8 Å². The predicted molar refractivity (Wildman–Crippen MR) is 69.6 cm³/mol. The molecule has 0 amide bonds. The van der Waals surface area contributed by atoms with Gasteiger partial charge in [0.2, 0.25) is 5.89 Å². The zero-order chi connectivity index (χ0) is 13.7. The molecule has 1 aliphatic rings. The van der Waals surface area contributed by atoms with E-state index in [1.165, 1.54) is 0 Å². The van der Waals surface area contributed by atoms with E-state index in [0.717, 1.165) is 38.0 Å². The van der Waals surface area contributed by atoms with Crippen molar-refractivity contribution in [2.45, 2.75) is 32.6 Å². The van der Waals surface area contributed by atoms with Crippen LogP contribution in [0.3, 0.4) is 0 Å². The number of nitrogens with zero attached hydrogens (tertiary/aromatic N) is 3. The smallest absolute Gasteiger partial charge is 0.303 e. The zero-order valence-electron chi connectivity index (χ0n) is 11.1. The molecule has 19 heavy (non-hydrogen) atoms. The minimum absolute atomic E-state index is 0.0188. The average molecular weight is 265 g/mol. The fourth-order valence-corrected chi connectivity index (χ4v) is 2.13. The van der Waals surface area contributed by atoms with Gasteiger partial charge >= 0.3 is 5.97 Å². The van der Waals surface area contributed by atoms with Crippen molar-refractivity contribution in [3.8, 4) is 0 Å². The zero-order valence-corrected chi connectivity index (χ0v) is 11.1. The summed E-state index contributed by atoms with van der Waals surface area (Å²) in [4.78, 5) is 17.1. The lowest BCUT2D eigenvalue weighted by molar-refractivity contribution is -0.137. The number of carbonyl (C=O) groups is 1. The third kappa shape index (κ3) is 3.89. The van der Waals surface area contributed by atoms with Crippen molar-refractivity contribution in [2.75, 3.05) is 19.6 Å². The molecule has 1 N–H and O–H groups in total. The van der Waals surface area contributed by atoms with Gasteiger partial charge in [-0.2, -0.15) is 4.98 Å². The van der Waals surface area contributed by atoms with E-state index in [1.54, 1.807) is 0 Å². The Morgan fingerprint density at radius 1 is 1.58 bits per heavy atom. The van der Waals surface area contributed by atoms with Gasteiger partial charge in [-0.3, -0.25) is 9.69 Å². The molecule has 0 atom stereocenters. The summed E-state index contributed by atoms with van der Waals surface area (Å²) in [5.41, 5.74) is 1.10. The number of aryl methyl sites for hydroxylation is 1. The van der Waals surface area contributed by atoms with Gasteiger partial charge in [-0.25, -0.2) is 0 Å². The third-order valence-electron chi connectivity index (χ3n) is 3.14. The van der Waals surface area contributed by atoms with E-state index < -0.39 is 5.97 Å². The van der Waals surface area contributed by atoms with Gasteiger partial charge in [0.25, 0.3) is 0 Å². The summed E-state index contributed by atoms with van der Waals surface area (Å²) in [7, 11) is 0. The number of carboxylic acids is 1. The molecule has 1 aromatic rings. The van der Waals surface area contributed by atoms with Gasteiger partial charge in [0.15, 0.2) is 5.82 Å². The minimum Gasteiger partial charge on any atom is -0.481 e. The predicted octanol–water partition coefficient (Wildman–Crippen LogP) is 1.59. The van der Waals surface area contributed by atoms with Crippen molar-refractivity contribution in [2.24, 2.45) is 0 Å². The van der Waals surface area contributed by atoms with Gasteiger partial charge < -0.3 is 9.63 Å². The molecule has 104 valence electrons. The van der Waals surface area contributed by atoms with Crippen molar-refractivity contribution >= 4 is 11.5 Å². The Kier molecular flexibility index (Phi) is 4.68. The van der Waals surface area contributed by atoms with E-state index in [0.29, 0.717) is 11.7 Å². The number of rotatable bonds is 6. The van der Waals surface area contributed by atoms with Crippen LogP contribution in [0.2, 0.25) is 0 Å². The molecule has 2 rings (SSSR count). The maximum Gasteiger partial charge on any atom is 0.303 e. The van der Waals surface area contributed by atoms with E-state index in [9.17, 15) is 4.79 Å². The maximum absolute atomic E-state index is 10.5. The SMILES string of the molecule is CCCN1CC=C(c2noc(CCC(=O)O)n2)CC1. The van der Waals surface area contributed by atoms with Crippen molar-refractivity contribution in [3.05, 3.63) is 17.8 Å². The molecule has 1 aromatic heterocycles.